The van der Waals surface area contributed by atoms with Crippen LogP contribution in [0.2, 0.25) is 0 Å². The molecule has 0 atom stereocenters. The van der Waals surface area contributed by atoms with Crippen LogP contribution in [0.25, 0.3) is 10.9 Å². The highest BCUT2D eigenvalue weighted by molar-refractivity contribution is 5.78. The number of pyridine rings is 1. The van der Waals surface area contributed by atoms with Crippen molar-refractivity contribution in [3.8, 4) is 0 Å². The Kier molecular flexibility index (Phi) is 4.22. The fourth-order valence-corrected chi connectivity index (χ4v) is 3.47. The molecule has 0 aliphatic carbocycles. The van der Waals surface area contributed by atoms with Gasteiger partial charge < -0.3 is 5.32 Å². The smallest absolute Gasteiger partial charge is 0.0705 e. The standard InChI is InChI=1S/C18H25N3/c1-3-18(4-2)14-19-11-12-21(18)13-16-10-9-15-7-5-6-8-17(15)20-16/h5-10,19H,3-4,11-14H2,1-2H3. The number of hydrogen-bond donors (Lipinski definition) is 1. The van der Waals surface area contributed by atoms with Crippen LogP contribution in [0.3, 0.4) is 0 Å². The molecule has 1 aliphatic heterocycles. The second kappa shape index (κ2) is 6.12. The van der Waals surface area contributed by atoms with Crippen LogP contribution in [0.15, 0.2) is 36.4 Å². The Balaban J connectivity index is 1.85. The van der Waals surface area contributed by atoms with Crippen LogP contribution in [0.1, 0.15) is 32.4 Å². The van der Waals surface area contributed by atoms with Gasteiger partial charge in [0.15, 0.2) is 0 Å². The number of hydrogen-bond acceptors (Lipinski definition) is 3. The molecule has 112 valence electrons. The summed E-state index contributed by atoms with van der Waals surface area (Å²) in [6, 6.07) is 12.7. The van der Waals surface area contributed by atoms with E-state index >= 15 is 0 Å². The number of benzene rings is 1. The molecule has 3 rings (SSSR count). The molecule has 1 saturated heterocycles. The number of nitrogens with zero attached hydrogens (tertiary/aromatic N) is 2. The molecule has 1 aromatic heterocycles. The largest absolute Gasteiger partial charge is 0.314 e. The van der Waals surface area contributed by atoms with Crippen molar-refractivity contribution in [1.29, 1.82) is 0 Å². The summed E-state index contributed by atoms with van der Waals surface area (Å²) < 4.78 is 0. The number of para-hydroxylation sites is 1. The molecule has 3 heteroatoms. The Hall–Kier alpha value is -1.45. The van der Waals surface area contributed by atoms with Crippen LogP contribution in [0, 0.1) is 0 Å². The van der Waals surface area contributed by atoms with Crippen molar-refractivity contribution in [3.05, 3.63) is 42.1 Å². The maximum Gasteiger partial charge on any atom is 0.0705 e. The first kappa shape index (κ1) is 14.5. The van der Waals surface area contributed by atoms with Crippen LogP contribution < -0.4 is 5.32 Å². The lowest BCUT2D eigenvalue weighted by Gasteiger charge is -2.47. The third-order valence-electron chi connectivity index (χ3n) is 5.01. The van der Waals surface area contributed by atoms with Crippen LogP contribution in [-0.2, 0) is 6.54 Å². The van der Waals surface area contributed by atoms with Crippen molar-refractivity contribution in [3.63, 3.8) is 0 Å². The molecular formula is C18H25N3. The number of fused-ring (bicyclic) bond motifs is 1. The van der Waals surface area contributed by atoms with Gasteiger partial charge in [0.2, 0.25) is 0 Å². The number of aromatic nitrogens is 1. The average molecular weight is 283 g/mol. The summed E-state index contributed by atoms with van der Waals surface area (Å²) in [7, 11) is 0. The molecule has 0 radical (unpaired) electrons. The van der Waals surface area contributed by atoms with Crippen molar-refractivity contribution in [1.82, 2.24) is 15.2 Å². The van der Waals surface area contributed by atoms with E-state index in [2.05, 4.69) is 60.5 Å². The van der Waals surface area contributed by atoms with E-state index in [1.807, 2.05) is 0 Å². The minimum absolute atomic E-state index is 0.283. The maximum absolute atomic E-state index is 4.84. The zero-order chi connectivity index (χ0) is 14.7. The van der Waals surface area contributed by atoms with Crippen molar-refractivity contribution in [2.45, 2.75) is 38.8 Å². The summed E-state index contributed by atoms with van der Waals surface area (Å²) in [6.45, 7) is 8.84. The Morgan fingerprint density at radius 3 is 2.76 bits per heavy atom. The van der Waals surface area contributed by atoms with Crippen LogP contribution >= 0.6 is 0 Å². The lowest BCUT2D eigenvalue weighted by atomic mass is 9.88. The van der Waals surface area contributed by atoms with Gasteiger partial charge >= 0.3 is 0 Å². The quantitative estimate of drug-likeness (QED) is 0.934. The van der Waals surface area contributed by atoms with Crippen molar-refractivity contribution in [2.24, 2.45) is 0 Å². The summed E-state index contributed by atoms with van der Waals surface area (Å²) >= 11 is 0. The first-order valence-electron chi connectivity index (χ1n) is 8.08. The summed E-state index contributed by atoms with van der Waals surface area (Å²) in [6.07, 6.45) is 2.37. The number of nitrogens with one attached hydrogen (secondary N) is 1. The molecule has 1 fully saturated rings. The fourth-order valence-electron chi connectivity index (χ4n) is 3.47. The van der Waals surface area contributed by atoms with Gasteiger partial charge in [0.05, 0.1) is 11.2 Å². The molecule has 0 spiro atoms. The normalized spacial score (nSPS) is 19.0. The highest BCUT2D eigenvalue weighted by Gasteiger charge is 2.35. The van der Waals surface area contributed by atoms with Crippen molar-refractivity contribution in [2.75, 3.05) is 19.6 Å². The Labute approximate surface area is 127 Å². The molecule has 3 nitrogen and oxygen atoms in total. The van der Waals surface area contributed by atoms with E-state index in [0.29, 0.717) is 0 Å². The maximum atomic E-state index is 4.84. The van der Waals surface area contributed by atoms with Gasteiger partial charge in [-0.3, -0.25) is 9.88 Å². The molecule has 2 heterocycles. The predicted molar refractivity (Wildman–Crippen MR) is 88.3 cm³/mol. The molecule has 0 amide bonds. The van der Waals surface area contributed by atoms with Gasteiger partial charge in [0.1, 0.15) is 0 Å². The van der Waals surface area contributed by atoms with E-state index in [4.69, 9.17) is 4.98 Å². The zero-order valence-corrected chi connectivity index (χ0v) is 13.1. The molecule has 0 unspecified atom stereocenters. The number of rotatable bonds is 4. The van der Waals surface area contributed by atoms with Gasteiger partial charge in [0.25, 0.3) is 0 Å². The van der Waals surface area contributed by atoms with E-state index in [1.165, 1.54) is 23.9 Å². The van der Waals surface area contributed by atoms with E-state index in [1.54, 1.807) is 0 Å². The predicted octanol–water partition coefficient (Wildman–Crippen LogP) is 3.20. The summed E-state index contributed by atoms with van der Waals surface area (Å²) in [5.74, 6) is 0. The topological polar surface area (TPSA) is 28.2 Å². The summed E-state index contributed by atoms with van der Waals surface area (Å²) in [5, 5.41) is 4.78. The monoisotopic (exact) mass is 283 g/mol. The molecule has 0 saturated carbocycles. The fraction of sp³-hybridized carbons (Fsp3) is 0.500. The van der Waals surface area contributed by atoms with Gasteiger partial charge in [-0.2, -0.15) is 0 Å². The Morgan fingerprint density at radius 2 is 1.95 bits per heavy atom. The Morgan fingerprint density at radius 1 is 1.14 bits per heavy atom. The first-order chi connectivity index (χ1) is 10.3. The zero-order valence-electron chi connectivity index (χ0n) is 13.1. The lowest BCUT2D eigenvalue weighted by Crippen LogP contribution is -2.60. The minimum Gasteiger partial charge on any atom is -0.314 e. The Bertz CT molecular complexity index is 604. The van der Waals surface area contributed by atoms with E-state index < -0.39 is 0 Å². The molecule has 0 bridgehead atoms. The second-order valence-corrected chi connectivity index (χ2v) is 6.03. The van der Waals surface area contributed by atoms with Gasteiger partial charge in [-0.25, -0.2) is 0 Å². The summed E-state index contributed by atoms with van der Waals surface area (Å²) in [4.78, 5) is 7.47. The van der Waals surface area contributed by atoms with Crippen molar-refractivity contribution >= 4 is 10.9 Å². The van der Waals surface area contributed by atoms with Gasteiger partial charge in [-0.05, 0) is 25.0 Å². The SMILES string of the molecule is CCC1(CC)CNCCN1Cc1ccc2ccccc2n1. The van der Waals surface area contributed by atoms with Gasteiger partial charge in [-0.15, -0.1) is 0 Å². The molecule has 2 aromatic rings. The molecule has 1 aliphatic rings. The highest BCUT2D eigenvalue weighted by atomic mass is 15.3. The van der Waals surface area contributed by atoms with E-state index in [9.17, 15) is 0 Å². The van der Waals surface area contributed by atoms with E-state index in [-0.39, 0.29) is 5.54 Å². The molecule has 1 aromatic carbocycles. The van der Waals surface area contributed by atoms with Crippen LogP contribution in [0.4, 0.5) is 0 Å². The first-order valence-corrected chi connectivity index (χ1v) is 8.08. The molecule has 1 N–H and O–H groups in total. The lowest BCUT2D eigenvalue weighted by molar-refractivity contribution is 0.0437. The average Bonchev–Trinajstić information content (AvgIpc) is 2.55. The minimum atomic E-state index is 0.283. The van der Waals surface area contributed by atoms with Crippen LogP contribution in [0.5, 0.6) is 0 Å². The van der Waals surface area contributed by atoms with Gasteiger partial charge in [0, 0.05) is 37.1 Å². The van der Waals surface area contributed by atoms with E-state index in [0.717, 1.165) is 31.7 Å². The third kappa shape index (κ3) is 2.81. The molecule has 21 heavy (non-hydrogen) atoms. The number of piperazine rings is 1. The van der Waals surface area contributed by atoms with Gasteiger partial charge in [-0.1, -0.05) is 38.1 Å². The summed E-state index contributed by atoms with van der Waals surface area (Å²) in [5.41, 5.74) is 2.57. The third-order valence-corrected chi connectivity index (χ3v) is 5.01. The molecular weight excluding hydrogens is 258 g/mol. The van der Waals surface area contributed by atoms with Crippen molar-refractivity contribution < 1.29 is 0 Å². The second-order valence-electron chi connectivity index (χ2n) is 6.03. The van der Waals surface area contributed by atoms with Crippen LogP contribution in [-0.4, -0.2) is 35.1 Å². The highest BCUT2D eigenvalue weighted by Crippen LogP contribution is 2.27.